The molecule has 0 bridgehead atoms. The van der Waals surface area contributed by atoms with Crippen molar-refractivity contribution in [3.63, 3.8) is 0 Å². The number of carbonyl (C=O) groups excluding carboxylic acids is 2. The fourth-order valence-electron chi connectivity index (χ4n) is 2.71. The number of rotatable bonds is 6. The Morgan fingerprint density at radius 3 is 2.60 bits per heavy atom. The number of halogens is 2. The maximum absolute atomic E-state index is 12.5. The van der Waals surface area contributed by atoms with Gasteiger partial charge in [-0.2, -0.15) is 0 Å². The highest BCUT2D eigenvalue weighted by Crippen LogP contribution is 2.43. The van der Waals surface area contributed by atoms with Crippen LogP contribution in [-0.2, 0) is 9.59 Å². The molecule has 0 saturated carbocycles. The molecule has 0 aromatic heterocycles. The lowest BCUT2D eigenvalue weighted by atomic mass is 10.1. The van der Waals surface area contributed by atoms with Crippen molar-refractivity contribution in [2.75, 3.05) is 20.1 Å². The minimum absolute atomic E-state index is 0.0887. The highest BCUT2D eigenvalue weighted by atomic mass is 35.5. The first-order valence-corrected chi connectivity index (χ1v) is 10.1. The molecule has 4 nitrogen and oxygen atoms in total. The second-order valence-electron chi connectivity index (χ2n) is 6.75. The van der Waals surface area contributed by atoms with Crippen molar-refractivity contribution < 1.29 is 9.59 Å². The van der Waals surface area contributed by atoms with Gasteiger partial charge < -0.3 is 9.80 Å². The van der Waals surface area contributed by atoms with Crippen LogP contribution in [0.25, 0.3) is 0 Å². The van der Waals surface area contributed by atoms with Crippen LogP contribution in [0.15, 0.2) is 18.2 Å². The SMILES string of the molecule is CC(C)CC(=O)N(C)CCN1C(=O)[C@@H](C)S[C@@H]1c1ccc(Cl)c(Cl)c1. The number of hydrogen-bond donors (Lipinski definition) is 0. The fourth-order valence-corrected chi connectivity index (χ4v) is 4.32. The minimum Gasteiger partial charge on any atom is -0.344 e. The van der Waals surface area contributed by atoms with Crippen LogP contribution >= 0.6 is 35.0 Å². The summed E-state index contributed by atoms with van der Waals surface area (Å²) >= 11 is 13.7. The molecule has 0 radical (unpaired) electrons. The fraction of sp³-hybridized carbons (Fsp3) is 0.556. The summed E-state index contributed by atoms with van der Waals surface area (Å²) in [6.45, 7) is 6.97. The second-order valence-corrected chi connectivity index (χ2v) is 8.99. The normalized spacial score (nSPS) is 20.4. The first-order valence-electron chi connectivity index (χ1n) is 8.35. The molecule has 2 amide bonds. The van der Waals surface area contributed by atoms with Crippen LogP contribution in [0.4, 0.5) is 0 Å². The van der Waals surface area contributed by atoms with Gasteiger partial charge in [0.1, 0.15) is 5.37 Å². The number of benzene rings is 1. The van der Waals surface area contributed by atoms with E-state index >= 15 is 0 Å². The molecule has 2 rings (SSSR count). The molecule has 0 spiro atoms. The van der Waals surface area contributed by atoms with Crippen LogP contribution in [0.5, 0.6) is 0 Å². The van der Waals surface area contributed by atoms with Gasteiger partial charge in [-0.3, -0.25) is 9.59 Å². The first kappa shape index (κ1) is 20.4. The Bertz CT molecular complexity index is 654. The summed E-state index contributed by atoms with van der Waals surface area (Å²) in [6, 6.07) is 5.47. The lowest BCUT2D eigenvalue weighted by Gasteiger charge is -2.27. The average Bonchev–Trinajstić information content (AvgIpc) is 2.82. The van der Waals surface area contributed by atoms with Crippen LogP contribution in [0.1, 0.15) is 38.1 Å². The first-order chi connectivity index (χ1) is 11.7. The monoisotopic (exact) mass is 402 g/mol. The molecular weight excluding hydrogens is 379 g/mol. The average molecular weight is 403 g/mol. The summed E-state index contributed by atoms with van der Waals surface area (Å²) in [7, 11) is 1.79. The van der Waals surface area contributed by atoms with E-state index in [2.05, 4.69) is 0 Å². The predicted molar refractivity (Wildman–Crippen MR) is 105 cm³/mol. The molecule has 7 heteroatoms. The van der Waals surface area contributed by atoms with Crippen LogP contribution in [0.3, 0.4) is 0 Å². The third-order valence-corrected chi connectivity index (χ3v) is 6.29. The van der Waals surface area contributed by atoms with Gasteiger partial charge in [0.25, 0.3) is 0 Å². The molecule has 1 aromatic carbocycles. The van der Waals surface area contributed by atoms with Gasteiger partial charge in [-0.25, -0.2) is 0 Å². The Hall–Kier alpha value is -0.910. The highest BCUT2D eigenvalue weighted by molar-refractivity contribution is 8.01. The predicted octanol–water partition coefficient (Wildman–Crippen LogP) is 4.46. The van der Waals surface area contributed by atoms with E-state index in [1.807, 2.05) is 37.8 Å². The van der Waals surface area contributed by atoms with E-state index < -0.39 is 0 Å². The third kappa shape index (κ3) is 5.05. The van der Waals surface area contributed by atoms with E-state index in [9.17, 15) is 9.59 Å². The molecule has 0 aliphatic carbocycles. The van der Waals surface area contributed by atoms with E-state index in [1.165, 1.54) is 0 Å². The van der Waals surface area contributed by atoms with Crippen molar-refractivity contribution in [2.24, 2.45) is 5.92 Å². The number of likely N-dealkylation sites (N-methyl/N-ethyl adjacent to an activating group) is 1. The Balaban J connectivity index is 2.09. The van der Waals surface area contributed by atoms with E-state index in [0.717, 1.165) is 5.56 Å². The van der Waals surface area contributed by atoms with Crippen molar-refractivity contribution in [3.05, 3.63) is 33.8 Å². The van der Waals surface area contributed by atoms with Gasteiger partial charge in [-0.1, -0.05) is 43.1 Å². The Labute approximate surface area is 163 Å². The number of carbonyl (C=O) groups is 2. The van der Waals surface area contributed by atoms with Gasteiger partial charge in [0.15, 0.2) is 0 Å². The van der Waals surface area contributed by atoms with Crippen LogP contribution < -0.4 is 0 Å². The number of hydrogen-bond acceptors (Lipinski definition) is 3. The molecule has 25 heavy (non-hydrogen) atoms. The van der Waals surface area contributed by atoms with Gasteiger partial charge in [0.2, 0.25) is 11.8 Å². The van der Waals surface area contributed by atoms with Gasteiger partial charge in [-0.05, 0) is 30.5 Å². The van der Waals surface area contributed by atoms with Crippen LogP contribution in [0.2, 0.25) is 10.0 Å². The van der Waals surface area contributed by atoms with Crippen molar-refractivity contribution in [2.45, 2.75) is 37.8 Å². The quantitative estimate of drug-likeness (QED) is 0.704. The van der Waals surface area contributed by atoms with E-state index in [-0.39, 0.29) is 22.4 Å². The van der Waals surface area contributed by atoms with Crippen molar-refractivity contribution in [1.29, 1.82) is 0 Å². The zero-order chi connectivity index (χ0) is 18.7. The van der Waals surface area contributed by atoms with E-state index in [0.29, 0.717) is 35.5 Å². The van der Waals surface area contributed by atoms with E-state index in [4.69, 9.17) is 23.2 Å². The number of thioether (sulfide) groups is 1. The Kier molecular flexibility index (Phi) is 7.06. The standard InChI is InChI=1S/C18H24Cl2N2O2S/c1-11(2)9-16(23)21(4)7-8-22-17(24)12(3)25-18(22)13-5-6-14(19)15(20)10-13/h5-6,10-12,18H,7-9H2,1-4H3/t12-,18-/m1/s1. The molecule has 1 saturated heterocycles. The second kappa shape index (κ2) is 8.65. The van der Waals surface area contributed by atoms with Crippen molar-refractivity contribution >= 4 is 46.8 Å². The number of nitrogens with zero attached hydrogens (tertiary/aromatic N) is 2. The molecule has 0 unspecified atom stereocenters. The van der Waals surface area contributed by atoms with Gasteiger partial charge in [0.05, 0.1) is 15.3 Å². The Morgan fingerprint density at radius 2 is 2.00 bits per heavy atom. The molecule has 1 aliphatic heterocycles. The van der Waals surface area contributed by atoms with Crippen molar-refractivity contribution in [1.82, 2.24) is 9.80 Å². The maximum atomic E-state index is 12.5. The highest BCUT2D eigenvalue weighted by Gasteiger charge is 2.38. The summed E-state index contributed by atoms with van der Waals surface area (Å²) in [6.07, 6.45) is 0.520. The zero-order valence-electron chi connectivity index (χ0n) is 15.0. The molecule has 2 atom stereocenters. The van der Waals surface area contributed by atoms with E-state index in [1.54, 1.807) is 29.8 Å². The largest absolute Gasteiger partial charge is 0.344 e. The summed E-state index contributed by atoms with van der Waals surface area (Å²) in [4.78, 5) is 28.2. The summed E-state index contributed by atoms with van der Waals surface area (Å²) < 4.78 is 0. The molecular formula is C18H24Cl2N2O2S. The molecule has 1 heterocycles. The zero-order valence-corrected chi connectivity index (χ0v) is 17.3. The molecule has 1 aliphatic rings. The molecule has 0 N–H and O–H groups in total. The topological polar surface area (TPSA) is 40.6 Å². The molecule has 1 fully saturated rings. The lowest BCUT2D eigenvalue weighted by molar-refractivity contribution is -0.134. The van der Waals surface area contributed by atoms with Gasteiger partial charge in [0, 0.05) is 26.6 Å². The van der Waals surface area contributed by atoms with Gasteiger partial charge in [-0.15, -0.1) is 11.8 Å². The molecule has 1 aromatic rings. The summed E-state index contributed by atoms with van der Waals surface area (Å²) in [5.74, 6) is 0.516. The van der Waals surface area contributed by atoms with Crippen LogP contribution in [0, 0.1) is 5.92 Å². The third-order valence-electron chi connectivity index (χ3n) is 4.16. The minimum atomic E-state index is -0.115. The summed E-state index contributed by atoms with van der Waals surface area (Å²) in [5.41, 5.74) is 0.952. The summed E-state index contributed by atoms with van der Waals surface area (Å²) in [5, 5.41) is 0.760. The smallest absolute Gasteiger partial charge is 0.236 e. The maximum Gasteiger partial charge on any atom is 0.236 e. The van der Waals surface area contributed by atoms with Crippen molar-refractivity contribution in [3.8, 4) is 0 Å². The molecule has 138 valence electrons. The lowest BCUT2D eigenvalue weighted by Crippen LogP contribution is -2.39. The number of amides is 2. The van der Waals surface area contributed by atoms with Gasteiger partial charge >= 0.3 is 0 Å². The Morgan fingerprint density at radius 1 is 1.32 bits per heavy atom. The van der Waals surface area contributed by atoms with Crippen LogP contribution in [-0.4, -0.2) is 47.0 Å².